The molecule has 0 aliphatic carbocycles. The van der Waals surface area contributed by atoms with Crippen molar-refractivity contribution in [2.75, 3.05) is 20.3 Å². The molecule has 1 fully saturated rings. The fraction of sp³-hybridized carbons (Fsp3) is 0.375. The predicted octanol–water partition coefficient (Wildman–Crippen LogP) is 0.891. The molecular formula is C16H17FN2O6. The maximum absolute atomic E-state index is 13.6. The van der Waals surface area contributed by atoms with Gasteiger partial charge in [-0.05, 0) is 32.0 Å². The van der Waals surface area contributed by atoms with Crippen LogP contribution in [0.1, 0.15) is 24.2 Å². The number of hydrogen-bond acceptors (Lipinski definition) is 6. The van der Waals surface area contributed by atoms with Crippen LogP contribution in [-0.2, 0) is 14.3 Å². The van der Waals surface area contributed by atoms with Gasteiger partial charge in [-0.3, -0.25) is 19.3 Å². The molecule has 25 heavy (non-hydrogen) atoms. The van der Waals surface area contributed by atoms with Crippen molar-refractivity contribution >= 4 is 23.7 Å². The highest BCUT2D eigenvalue weighted by molar-refractivity contribution is 6.08. The minimum absolute atomic E-state index is 0.00206. The number of nitrogens with zero attached hydrogens (tertiary/aromatic N) is 1. The maximum Gasteiger partial charge on any atom is 0.326 e. The second-order valence-electron chi connectivity index (χ2n) is 5.88. The molecule has 134 valence electrons. The first-order valence-electron chi connectivity index (χ1n) is 7.32. The van der Waals surface area contributed by atoms with Crippen molar-refractivity contribution in [3.8, 4) is 5.75 Å². The van der Waals surface area contributed by atoms with Crippen molar-refractivity contribution in [3.05, 3.63) is 29.6 Å². The van der Waals surface area contributed by atoms with Gasteiger partial charge in [0.05, 0.1) is 7.11 Å². The molecule has 0 aromatic heterocycles. The zero-order valence-electron chi connectivity index (χ0n) is 13.9. The number of Topliss-reactive ketones (excluding diaryl/α,β-unsaturated/α-hetero) is 1. The number of methoxy groups -OCH3 is 1. The first kappa shape index (κ1) is 18.4. The standard InChI is InChI=1S/C16H17FN2O6/c1-16(2)14(22)19(15(23)18-16)7-13(21)25-8-11(20)9-4-5-12(24-3)10(17)6-9/h4-6H,7-8H2,1-3H3,(H,18,23). The number of urea groups is 1. The van der Waals surface area contributed by atoms with Crippen LogP contribution in [0.4, 0.5) is 9.18 Å². The van der Waals surface area contributed by atoms with E-state index in [-0.39, 0.29) is 11.3 Å². The van der Waals surface area contributed by atoms with Crippen molar-refractivity contribution in [1.29, 1.82) is 0 Å². The number of hydrogen-bond donors (Lipinski definition) is 1. The number of halogens is 1. The Labute approximate surface area is 142 Å². The summed E-state index contributed by atoms with van der Waals surface area (Å²) in [6, 6.07) is 2.86. The Morgan fingerprint density at radius 2 is 1.96 bits per heavy atom. The van der Waals surface area contributed by atoms with Gasteiger partial charge >= 0.3 is 12.0 Å². The molecule has 8 nitrogen and oxygen atoms in total. The Morgan fingerprint density at radius 1 is 1.28 bits per heavy atom. The highest BCUT2D eigenvalue weighted by Crippen LogP contribution is 2.18. The Morgan fingerprint density at radius 3 is 2.48 bits per heavy atom. The lowest BCUT2D eigenvalue weighted by molar-refractivity contribution is -0.146. The van der Waals surface area contributed by atoms with Crippen LogP contribution in [0.25, 0.3) is 0 Å². The minimum atomic E-state index is -1.10. The summed E-state index contributed by atoms with van der Waals surface area (Å²) in [6.45, 7) is 1.75. The quantitative estimate of drug-likeness (QED) is 0.463. The predicted molar refractivity (Wildman–Crippen MR) is 82.6 cm³/mol. The van der Waals surface area contributed by atoms with E-state index in [0.717, 1.165) is 6.07 Å². The third-order valence-electron chi connectivity index (χ3n) is 3.57. The molecule has 0 saturated carbocycles. The van der Waals surface area contributed by atoms with E-state index in [1.165, 1.54) is 33.1 Å². The van der Waals surface area contributed by atoms with Gasteiger partial charge in [0, 0.05) is 5.56 Å². The number of ether oxygens (including phenoxy) is 2. The van der Waals surface area contributed by atoms with Crippen molar-refractivity contribution in [2.24, 2.45) is 0 Å². The van der Waals surface area contributed by atoms with E-state index < -0.39 is 48.2 Å². The third kappa shape index (κ3) is 3.93. The monoisotopic (exact) mass is 352 g/mol. The molecule has 1 aliphatic rings. The van der Waals surface area contributed by atoms with Crippen LogP contribution in [-0.4, -0.2) is 54.4 Å². The Kier molecular flexibility index (Phi) is 5.05. The number of carbonyl (C=O) groups excluding carboxylic acids is 4. The molecular weight excluding hydrogens is 335 g/mol. The summed E-state index contributed by atoms with van der Waals surface area (Å²) in [7, 11) is 1.29. The fourth-order valence-corrected chi connectivity index (χ4v) is 2.21. The highest BCUT2D eigenvalue weighted by atomic mass is 19.1. The second-order valence-corrected chi connectivity index (χ2v) is 5.88. The largest absolute Gasteiger partial charge is 0.494 e. The molecule has 1 aliphatic heterocycles. The van der Waals surface area contributed by atoms with E-state index in [4.69, 9.17) is 9.47 Å². The number of esters is 1. The smallest absolute Gasteiger partial charge is 0.326 e. The zero-order chi connectivity index (χ0) is 18.8. The number of imide groups is 1. The highest BCUT2D eigenvalue weighted by Gasteiger charge is 2.45. The van der Waals surface area contributed by atoms with Crippen molar-refractivity contribution in [1.82, 2.24) is 10.2 Å². The van der Waals surface area contributed by atoms with Crippen molar-refractivity contribution in [3.63, 3.8) is 0 Å². The maximum atomic E-state index is 13.6. The van der Waals surface area contributed by atoms with Gasteiger partial charge in [-0.2, -0.15) is 0 Å². The molecule has 1 aromatic carbocycles. The van der Waals surface area contributed by atoms with Crippen LogP contribution in [0, 0.1) is 5.82 Å². The van der Waals surface area contributed by atoms with E-state index in [0.29, 0.717) is 4.90 Å². The van der Waals surface area contributed by atoms with E-state index in [9.17, 15) is 23.6 Å². The van der Waals surface area contributed by atoms with Gasteiger partial charge in [0.1, 0.15) is 12.1 Å². The van der Waals surface area contributed by atoms with Crippen LogP contribution < -0.4 is 10.1 Å². The normalized spacial score (nSPS) is 15.8. The summed E-state index contributed by atoms with van der Waals surface area (Å²) >= 11 is 0. The van der Waals surface area contributed by atoms with Gasteiger partial charge in [0.15, 0.2) is 24.0 Å². The summed E-state index contributed by atoms with van der Waals surface area (Å²) in [5.74, 6) is -2.87. The number of carbonyl (C=O) groups is 4. The van der Waals surface area contributed by atoms with E-state index in [1.807, 2.05) is 0 Å². The van der Waals surface area contributed by atoms with Gasteiger partial charge < -0.3 is 14.8 Å². The average molecular weight is 352 g/mol. The average Bonchev–Trinajstić information content (AvgIpc) is 2.74. The number of nitrogens with one attached hydrogen (secondary N) is 1. The summed E-state index contributed by atoms with van der Waals surface area (Å²) in [5, 5.41) is 2.42. The number of ketones is 1. The van der Waals surface area contributed by atoms with Gasteiger partial charge in [-0.15, -0.1) is 0 Å². The first-order chi connectivity index (χ1) is 11.7. The molecule has 0 spiro atoms. The van der Waals surface area contributed by atoms with Crippen LogP contribution in [0.5, 0.6) is 5.75 Å². The number of amides is 3. The lowest BCUT2D eigenvalue weighted by atomic mass is 10.1. The second kappa shape index (κ2) is 6.88. The Balaban J connectivity index is 1.92. The minimum Gasteiger partial charge on any atom is -0.494 e. The van der Waals surface area contributed by atoms with Crippen LogP contribution in [0.2, 0.25) is 0 Å². The Bertz CT molecular complexity index is 746. The van der Waals surface area contributed by atoms with Gasteiger partial charge in [0.2, 0.25) is 0 Å². The summed E-state index contributed by atoms with van der Waals surface area (Å²) in [5.41, 5.74) is -1.10. The van der Waals surface area contributed by atoms with Crippen molar-refractivity contribution in [2.45, 2.75) is 19.4 Å². The first-order valence-corrected chi connectivity index (χ1v) is 7.32. The van der Waals surface area contributed by atoms with Crippen LogP contribution in [0.3, 0.4) is 0 Å². The van der Waals surface area contributed by atoms with E-state index >= 15 is 0 Å². The van der Waals surface area contributed by atoms with Crippen molar-refractivity contribution < 1.29 is 33.0 Å². The third-order valence-corrected chi connectivity index (χ3v) is 3.57. The number of benzene rings is 1. The Hall–Kier alpha value is -2.97. The van der Waals surface area contributed by atoms with Crippen LogP contribution >= 0.6 is 0 Å². The summed E-state index contributed by atoms with van der Waals surface area (Å²) in [4.78, 5) is 48.0. The topological polar surface area (TPSA) is 102 Å². The molecule has 0 atom stereocenters. The van der Waals surface area contributed by atoms with Gasteiger partial charge in [-0.25, -0.2) is 9.18 Å². The molecule has 2 rings (SSSR count). The van der Waals surface area contributed by atoms with Crippen LogP contribution in [0.15, 0.2) is 18.2 Å². The van der Waals surface area contributed by atoms with E-state index in [1.54, 1.807) is 0 Å². The molecule has 0 bridgehead atoms. The fourth-order valence-electron chi connectivity index (χ4n) is 2.21. The number of rotatable bonds is 6. The molecule has 3 amide bonds. The zero-order valence-corrected chi connectivity index (χ0v) is 13.9. The van der Waals surface area contributed by atoms with Gasteiger partial charge in [0.25, 0.3) is 5.91 Å². The van der Waals surface area contributed by atoms with E-state index in [2.05, 4.69) is 5.32 Å². The lowest BCUT2D eigenvalue weighted by Gasteiger charge is -2.15. The molecule has 1 heterocycles. The summed E-state index contributed by atoms with van der Waals surface area (Å²) in [6.07, 6.45) is 0. The SMILES string of the molecule is COc1ccc(C(=O)COC(=O)CN2C(=O)NC(C)(C)C2=O)cc1F. The summed E-state index contributed by atoms with van der Waals surface area (Å²) < 4.78 is 23.1. The lowest BCUT2D eigenvalue weighted by Crippen LogP contribution is -2.41. The molecule has 0 radical (unpaired) electrons. The molecule has 1 aromatic rings. The molecule has 1 N–H and O–H groups in total. The molecule has 9 heteroatoms. The molecule has 1 saturated heterocycles. The molecule has 0 unspecified atom stereocenters. The van der Waals surface area contributed by atoms with Gasteiger partial charge in [-0.1, -0.05) is 0 Å².